The van der Waals surface area contributed by atoms with Gasteiger partial charge in [-0.25, -0.2) is 0 Å². The summed E-state index contributed by atoms with van der Waals surface area (Å²) >= 11 is 0. The van der Waals surface area contributed by atoms with Crippen molar-refractivity contribution >= 4 is 17.7 Å². The summed E-state index contributed by atoms with van der Waals surface area (Å²) in [7, 11) is 1.46. The molecule has 3 amide bonds. The van der Waals surface area contributed by atoms with E-state index < -0.39 is 11.9 Å². The van der Waals surface area contributed by atoms with Gasteiger partial charge in [-0.15, -0.1) is 0 Å². The molecule has 0 radical (unpaired) electrons. The van der Waals surface area contributed by atoms with Gasteiger partial charge in [-0.2, -0.15) is 0 Å². The van der Waals surface area contributed by atoms with Crippen LogP contribution in [-0.2, 0) is 38.1 Å². The molecular formula is C19H37N3O8. The molecule has 0 saturated heterocycles. The average molecular weight is 436 g/mol. The number of carbonyl (C=O) groups is 3. The molecule has 0 aromatic rings. The number of amides is 3. The molecular weight excluding hydrogens is 398 g/mol. The van der Waals surface area contributed by atoms with Crippen LogP contribution in [0.3, 0.4) is 0 Å². The summed E-state index contributed by atoms with van der Waals surface area (Å²) in [4.78, 5) is 34.1. The van der Waals surface area contributed by atoms with E-state index in [0.717, 1.165) is 0 Å². The third kappa shape index (κ3) is 17.1. The number of nitrogens with two attached hydrogens (primary N) is 1. The van der Waals surface area contributed by atoms with Gasteiger partial charge in [0, 0.05) is 20.1 Å². The highest BCUT2D eigenvalue weighted by atomic mass is 16.6. The minimum atomic E-state index is -0.673. The number of hydrogen-bond donors (Lipinski definition) is 3. The van der Waals surface area contributed by atoms with E-state index in [9.17, 15) is 14.4 Å². The number of methoxy groups -OCH3 is 1. The SMILES string of the molecule is COCC(=O)NCCOCCOCCOCCOCCC(=O)NC(C(N)=O)C(C)C. The zero-order valence-corrected chi connectivity index (χ0v) is 18.3. The molecule has 0 aliphatic rings. The van der Waals surface area contributed by atoms with Crippen LogP contribution in [-0.4, -0.2) is 96.9 Å². The zero-order valence-electron chi connectivity index (χ0n) is 18.3. The normalized spacial score (nSPS) is 12.0. The second-order valence-electron chi connectivity index (χ2n) is 6.67. The summed E-state index contributed by atoms with van der Waals surface area (Å²) < 4.78 is 26.0. The van der Waals surface area contributed by atoms with Gasteiger partial charge in [-0.05, 0) is 5.92 Å². The number of carbonyl (C=O) groups excluding carboxylic acids is 3. The predicted molar refractivity (Wildman–Crippen MR) is 109 cm³/mol. The maximum Gasteiger partial charge on any atom is 0.246 e. The number of rotatable bonds is 20. The van der Waals surface area contributed by atoms with Crippen LogP contribution in [0.2, 0.25) is 0 Å². The van der Waals surface area contributed by atoms with Crippen LogP contribution in [0.1, 0.15) is 20.3 Å². The standard InChI is InChI=1S/C19H37N3O8/c1-15(2)18(19(20)25)22-16(23)4-6-27-8-10-29-12-13-30-11-9-28-7-5-21-17(24)14-26-3/h15,18H,4-14H2,1-3H3,(H2,20,25)(H,21,24)(H,22,23). The van der Waals surface area contributed by atoms with Crippen LogP contribution in [0.15, 0.2) is 0 Å². The van der Waals surface area contributed by atoms with Crippen molar-refractivity contribution in [2.24, 2.45) is 11.7 Å². The van der Waals surface area contributed by atoms with Crippen LogP contribution >= 0.6 is 0 Å². The van der Waals surface area contributed by atoms with Crippen molar-refractivity contribution in [1.29, 1.82) is 0 Å². The quantitative estimate of drug-likeness (QED) is 0.203. The molecule has 0 heterocycles. The van der Waals surface area contributed by atoms with Gasteiger partial charge in [0.2, 0.25) is 17.7 Å². The summed E-state index contributed by atoms with van der Waals surface area (Å²) in [5.41, 5.74) is 5.25. The molecule has 0 saturated carbocycles. The van der Waals surface area contributed by atoms with Gasteiger partial charge in [0.25, 0.3) is 0 Å². The summed E-state index contributed by atoms with van der Waals surface area (Å²) in [6.07, 6.45) is 0.148. The highest BCUT2D eigenvalue weighted by molar-refractivity contribution is 5.86. The molecule has 11 heteroatoms. The van der Waals surface area contributed by atoms with Crippen LogP contribution in [0.25, 0.3) is 0 Å². The smallest absolute Gasteiger partial charge is 0.246 e. The largest absolute Gasteiger partial charge is 0.379 e. The highest BCUT2D eigenvalue weighted by Crippen LogP contribution is 2.01. The molecule has 0 spiro atoms. The van der Waals surface area contributed by atoms with Crippen LogP contribution < -0.4 is 16.4 Å². The Morgan fingerprint density at radius 3 is 1.77 bits per heavy atom. The van der Waals surface area contributed by atoms with E-state index in [4.69, 9.17) is 24.7 Å². The zero-order chi connectivity index (χ0) is 22.6. The van der Waals surface area contributed by atoms with Crippen molar-refractivity contribution in [3.63, 3.8) is 0 Å². The summed E-state index contributed by atoms with van der Waals surface area (Å²) in [5, 5.41) is 5.24. The first-order chi connectivity index (χ1) is 14.4. The van der Waals surface area contributed by atoms with E-state index in [0.29, 0.717) is 52.8 Å². The van der Waals surface area contributed by atoms with Crippen LogP contribution in [0.4, 0.5) is 0 Å². The van der Waals surface area contributed by atoms with Crippen molar-refractivity contribution in [3.05, 3.63) is 0 Å². The molecule has 0 aliphatic carbocycles. The van der Waals surface area contributed by atoms with Gasteiger partial charge in [0.1, 0.15) is 12.6 Å². The van der Waals surface area contributed by atoms with Crippen molar-refractivity contribution in [1.82, 2.24) is 10.6 Å². The Morgan fingerprint density at radius 1 is 0.800 bits per heavy atom. The first kappa shape index (κ1) is 28.2. The van der Waals surface area contributed by atoms with Crippen molar-refractivity contribution in [2.45, 2.75) is 26.3 Å². The minimum Gasteiger partial charge on any atom is -0.379 e. The molecule has 1 unspecified atom stereocenters. The molecule has 0 bridgehead atoms. The van der Waals surface area contributed by atoms with E-state index >= 15 is 0 Å². The maximum atomic E-state index is 11.8. The monoisotopic (exact) mass is 435 g/mol. The van der Waals surface area contributed by atoms with Crippen molar-refractivity contribution in [2.75, 3.05) is 73.1 Å². The third-order valence-electron chi connectivity index (χ3n) is 3.72. The maximum absolute atomic E-state index is 11.8. The number of primary amides is 1. The molecule has 4 N–H and O–H groups in total. The molecule has 30 heavy (non-hydrogen) atoms. The third-order valence-corrected chi connectivity index (χ3v) is 3.72. The lowest BCUT2D eigenvalue weighted by Gasteiger charge is -2.18. The van der Waals surface area contributed by atoms with E-state index in [2.05, 4.69) is 15.4 Å². The van der Waals surface area contributed by atoms with Crippen molar-refractivity contribution in [3.8, 4) is 0 Å². The lowest BCUT2D eigenvalue weighted by atomic mass is 10.0. The number of ether oxygens (including phenoxy) is 5. The lowest BCUT2D eigenvalue weighted by molar-refractivity contribution is -0.129. The van der Waals surface area contributed by atoms with E-state index in [1.165, 1.54) is 7.11 Å². The second kappa shape index (κ2) is 19.2. The Bertz CT molecular complexity index is 477. The van der Waals surface area contributed by atoms with Crippen LogP contribution in [0.5, 0.6) is 0 Å². The molecule has 0 aromatic carbocycles. The Balaban J connectivity index is 3.36. The van der Waals surface area contributed by atoms with E-state index in [-0.39, 0.29) is 37.4 Å². The van der Waals surface area contributed by atoms with Crippen LogP contribution in [0, 0.1) is 5.92 Å². The van der Waals surface area contributed by atoms with Gasteiger partial charge >= 0.3 is 0 Å². The first-order valence-corrected chi connectivity index (χ1v) is 10.0. The summed E-state index contributed by atoms with van der Waals surface area (Å²) in [6.45, 7) is 7.19. The highest BCUT2D eigenvalue weighted by Gasteiger charge is 2.21. The lowest BCUT2D eigenvalue weighted by Crippen LogP contribution is -2.47. The molecule has 0 aromatic heterocycles. The van der Waals surface area contributed by atoms with Gasteiger partial charge in [-0.3, -0.25) is 14.4 Å². The summed E-state index contributed by atoms with van der Waals surface area (Å²) in [6, 6.07) is -0.673. The first-order valence-electron chi connectivity index (χ1n) is 10.0. The Hall–Kier alpha value is -1.79. The fourth-order valence-corrected chi connectivity index (χ4v) is 2.18. The fourth-order valence-electron chi connectivity index (χ4n) is 2.18. The van der Waals surface area contributed by atoms with Gasteiger partial charge < -0.3 is 40.1 Å². The molecule has 0 aliphatic heterocycles. The average Bonchev–Trinajstić information content (AvgIpc) is 2.68. The molecule has 0 rings (SSSR count). The summed E-state index contributed by atoms with van der Waals surface area (Å²) in [5.74, 6) is -1.07. The number of hydrogen-bond acceptors (Lipinski definition) is 8. The molecule has 11 nitrogen and oxygen atoms in total. The molecule has 0 fully saturated rings. The molecule has 176 valence electrons. The van der Waals surface area contributed by atoms with E-state index in [1.54, 1.807) is 0 Å². The van der Waals surface area contributed by atoms with Crippen molar-refractivity contribution < 1.29 is 38.1 Å². The Labute approximate surface area is 178 Å². The topological polar surface area (TPSA) is 147 Å². The number of nitrogens with one attached hydrogen (secondary N) is 2. The van der Waals surface area contributed by atoms with Gasteiger partial charge in [0.15, 0.2) is 0 Å². The predicted octanol–water partition coefficient (Wildman–Crippen LogP) is -1.17. The molecule has 1 atom stereocenters. The minimum absolute atomic E-state index is 0.0408. The van der Waals surface area contributed by atoms with Gasteiger partial charge in [-0.1, -0.05) is 13.8 Å². The van der Waals surface area contributed by atoms with Gasteiger partial charge in [0.05, 0.1) is 52.9 Å². The van der Waals surface area contributed by atoms with E-state index in [1.807, 2.05) is 13.8 Å². The Kier molecular flexibility index (Phi) is 18.0. The Morgan fingerprint density at radius 2 is 1.30 bits per heavy atom. The fraction of sp³-hybridized carbons (Fsp3) is 0.842. The second-order valence-corrected chi connectivity index (χ2v) is 6.67.